The van der Waals surface area contributed by atoms with Crippen molar-refractivity contribution >= 4 is 5.97 Å². The molecule has 0 aromatic carbocycles. The molecule has 0 amide bonds. The number of rotatable bonds is 2. The summed E-state index contributed by atoms with van der Waals surface area (Å²) in [6.07, 6.45) is 2.01. The molecule has 1 saturated carbocycles. The fourth-order valence-corrected chi connectivity index (χ4v) is 1.93. The molecule has 5 heteroatoms. The van der Waals surface area contributed by atoms with Crippen LogP contribution in [0.4, 0.5) is 0 Å². The monoisotopic (exact) mass is 208 g/mol. The fraction of sp³-hybridized carbons (Fsp3) is 0.500. The van der Waals surface area contributed by atoms with E-state index in [-0.39, 0.29) is 0 Å². The van der Waals surface area contributed by atoms with Crippen molar-refractivity contribution in [2.75, 3.05) is 0 Å². The Morgan fingerprint density at radius 2 is 2.27 bits per heavy atom. The number of aryl methyl sites for hydroxylation is 1. The first-order valence-corrected chi connectivity index (χ1v) is 4.86. The summed E-state index contributed by atoms with van der Waals surface area (Å²) in [6.45, 7) is 1.72. The van der Waals surface area contributed by atoms with Crippen LogP contribution in [0.1, 0.15) is 30.7 Å². The van der Waals surface area contributed by atoms with E-state index in [4.69, 9.17) is 5.11 Å². The largest absolute Gasteiger partial charge is 0.481 e. The van der Waals surface area contributed by atoms with Crippen molar-refractivity contribution in [2.24, 2.45) is 0 Å². The molecule has 0 bridgehead atoms. The molecule has 80 valence electrons. The van der Waals surface area contributed by atoms with Crippen molar-refractivity contribution in [3.05, 3.63) is 27.9 Å². The van der Waals surface area contributed by atoms with Crippen LogP contribution >= 0.6 is 0 Å². The quantitative estimate of drug-likeness (QED) is 0.744. The molecule has 1 aliphatic carbocycles. The molecule has 2 rings (SSSR count). The summed E-state index contributed by atoms with van der Waals surface area (Å²) in [4.78, 5) is 28.6. The summed E-state index contributed by atoms with van der Waals surface area (Å²) in [5.41, 5.74) is -0.350. The Balaban J connectivity index is 2.52. The van der Waals surface area contributed by atoms with E-state index in [1.165, 1.54) is 0 Å². The van der Waals surface area contributed by atoms with Crippen molar-refractivity contribution in [2.45, 2.75) is 31.6 Å². The fourth-order valence-electron chi connectivity index (χ4n) is 1.93. The van der Waals surface area contributed by atoms with Gasteiger partial charge in [-0.15, -0.1) is 0 Å². The first-order chi connectivity index (χ1) is 7.04. The summed E-state index contributed by atoms with van der Waals surface area (Å²) in [6, 6.07) is 1.65. The first-order valence-electron chi connectivity index (χ1n) is 4.86. The molecule has 0 spiro atoms. The van der Waals surface area contributed by atoms with Crippen LogP contribution in [0.25, 0.3) is 0 Å². The molecule has 1 aliphatic rings. The molecule has 1 fully saturated rings. The van der Waals surface area contributed by atoms with Gasteiger partial charge in [-0.2, -0.15) is 4.98 Å². The third-order valence-corrected chi connectivity index (χ3v) is 2.99. The van der Waals surface area contributed by atoms with E-state index in [0.717, 1.165) is 6.42 Å². The zero-order chi connectivity index (χ0) is 11.1. The van der Waals surface area contributed by atoms with Crippen LogP contribution in [0.5, 0.6) is 0 Å². The molecular formula is C10H12N2O3. The maximum atomic E-state index is 11.2. The average Bonchev–Trinajstić information content (AvgIpc) is 1.97. The zero-order valence-electron chi connectivity index (χ0n) is 8.41. The van der Waals surface area contributed by atoms with Gasteiger partial charge in [-0.25, -0.2) is 4.79 Å². The number of nitrogens with one attached hydrogen (secondary N) is 1. The van der Waals surface area contributed by atoms with E-state index in [9.17, 15) is 9.59 Å². The van der Waals surface area contributed by atoms with Gasteiger partial charge in [0.1, 0.15) is 5.41 Å². The molecule has 0 radical (unpaired) electrons. The van der Waals surface area contributed by atoms with E-state index in [1.807, 2.05) is 0 Å². The third kappa shape index (κ3) is 1.44. The van der Waals surface area contributed by atoms with Gasteiger partial charge < -0.3 is 10.1 Å². The third-order valence-electron chi connectivity index (χ3n) is 2.99. The SMILES string of the molecule is Cc1cc(C2(C(=O)O)CCC2)nc(=O)[nH]1. The van der Waals surface area contributed by atoms with Crippen LogP contribution in [0, 0.1) is 6.92 Å². The van der Waals surface area contributed by atoms with Gasteiger partial charge in [0.25, 0.3) is 0 Å². The van der Waals surface area contributed by atoms with Crippen LogP contribution < -0.4 is 5.69 Å². The normalized spacial score (nSPS) is 18.2. The molecule has 1 aromatic rings. The molecule has 1 heterocycles. The Bertz CT molecular complexity index is 460. The molecule has 0 atom stereocenters. The maximum absolute atomic E-state index is 11.2. The summed E-state index contributed by atoms with van der Waals surface area (Å²) >= 11 is 0. The summed E-state index contributed by atoms with van der Waals surface area (Å²) in [5, 5.41) is 9.17. The Morgan fingerprint density at radius 1 is 1.60 bits per heavy atom. The van der Waals surface area contributed by atoms with Gasteiger partial charge in [0.05, 0.1) is 5.69 Å². The predicted octanol–water partition coefficient (Wildman–Crippen LogP) is 0.585. The number of carboxylic acids is 1. The van der Waals surface area contributed by atoms with E-state index in [2.05, 4.69) is 9.97 Å². The minimum atomic E-state index is -0.918. The van der Waals surface area contributed by atoms with E-state index in [1.54, 1.807) is 13.0 Å². The smallest absolute Gasteiger partial charge is 0.345 e. The molecule has 2 N–H and O–H groups in total. The molecule has 0 unspecified atom stereocenters. The summed E-state index contributed by atoms with van der Waals surface area (Å²) in [7, 11) is 0. The van der Waals surface area contributed by atoms with Crippen molar-refractivity contribution < 1.29 is 9.90 Å². The zero-order valence-corrected chi connectivity index (χ0v) is 8.41. The van der Waals surface area contributed by atoms with Crippen molar-refractivity contribution in [1.82, 2.24) is 9.97 Å². The van der Waals surface area contributed by atoms with Crippen LogP contribution in [0.15, 0.2) is 10.9 Å². The van der Waals surface area contributed by atoms with Crippen LogP contribution in [0.3, 0.4) is 0 Å². The molecule has 1 aromatic heterocycles. The predicted molar refractivity (Wildman–Crippen MR) is 52.8 cm³/mol. The molecular weight excluding hydrogens is 196 g/mol. The van der Waals surface area contributed by atoms with Gasteiger partial charge in [0.15, 0.2) is 0 Å². The van der Waals surface area contributed by atoms with E-state index >= 15 is 0 Å². The minimum Gasteiger partial charge on any atom is -0.481 e. The summed E-state index contributed by atoms with van der Waals surface area (Å²) < 4.78 is 0. The number of aromatic nitrogens is 2. The Hall–Kier alpha value is -1.65. The molecule has 0 saturated heterocycles. The Morgan fingerprint density at radius 3 is 2.67 bits per heavy atom. The lowest BCUT2D eigenvalue weighted by molar-refractivity contribution is -0.147. The van der Waals surface area contributed by atoms with Gasteiger partial charge in [-0.3, -0.25) is 4.79 Å². The van der Waals surface area contributed by atoms with Crippen molar-refractivity contribution in [1.29, 1.82) is 0 Å². The lowest BCUT2D eigenvalue weighted by Gasteiger charge is -2.36. The second-order valence-electron chi connectivity index (χ2n) is 4.00. The molecule has 0 aliphatic heterocycles. The van der Waals surface area contributed by atoms with Crippen LogP contribution in [0.2, 0.25) is 0 Å². The maximum Gasteiger partial charge on any atom is 0.345 e. The highest BCUT2D eigenvalue weighted by molar-refractivity contribution is 5.81. The molecule has 5 nitrogen and oxygen atoms in total. The highest BCUT2D eigenvalue weighted by atomic mass is 16.4. The lowest BCUT2D eigenvalue weighted by Crippen LogP contribution is -2.44. The van der Waals surface area contributed by atoms with E-state index in [0.29, 0.717) is 24.2 Å². The number of aliphatic carboxylic acids is 1. The average molecular weight is 208 g/mol. The Labute approximate surface area is 86.2 Å². The lowest BCUT2D eigenvalue weighted by atomic mass is 9.66. The van der Waals surface area contributed by atoms with Gasteiger partial charge in [-0.1, -0.05) is 6.42 Å². The second-order valence-corrected chi connectivity index (χ2v) is 4.00. The highest BCUT2D eigenvalue weighted by Crippen LogP contribution is 2.42. The minimum absolute atomic E-state index is 0.391. The van der Waals surface area contributed by atoms with Crippen molar-refractivity contribution in [3.63, 3.8) is 0 Å². The number of carboxylic acid groups (broad SMARTS) is 1. The standard InChI is InChI=1S/C10H12N2O3/c1-6-5-7(12-9(15)11-6)10(8(13)14)3-2-4-10/h5H,2-4H2,1H3,(H,13,14)(H,11,12,15). The van der Waals surface area contributed by atoms with Crippen LogP contribution in [-0.4, -0.2) is 21.0 Å². The second kappa shape index (κ2) is 3.18. The molecule has 15 heavy (non-hydrogen) atoms. The Kier molecular flexibility index (Phi) is 2.10. The number of hydrogen-bond donors (Lipinski definition) is 2. The number of nitrogens with zero attached hydrogens (tertiary/aromatic N) is 1. The number of carbonyl (C=O) groups is 1. The van der Waals surface area contributed by atoms with E-state index < -0.39 is 17.1 Å². The number of H-pyrrole nitrogens is 1. The number of aromatic amines is 1. The number of hydrogen-bond acceptors (Lipinski definition) is 3. The van der Waals surface area contributed by atoms with Gasteiger partial charge in [-0.05, 0) is 25.8 Å². The van der Waals surface area contributed by atoms with Gasteiger partial charge >= 0.3 is 11.7 Å². The topological polar surface area (TPSA) is 83.0 Å². The van der Waals surface area contributed by atoms with Gasteiger partial charge in [0, 0.05) is 5.69 Å². The van der Waals surface area contributed by atoms with Gasteiger partial charge in [0.2, 0.25) is 0 Å². The van der Waals surface area contributed by atoms with Crippen molar-refractivity contribution in [3.8, 4) is 0 Å². The highest BCUT2D eigenvalue weighted by Gasteiger charge is 2.47. The summed E-state index contributed by atoms with van der Waals surface area (Å²) in [5.74, 6) is -0.883. The van der Waals surface area contributed by atoms with Crippen LogP contribution in [-0.2, 0) is 10.2 Å². The first kappa shape index (κ1) is 9.89.